The van der Waals surface area contributed by atoms with Crippen LogP contribution in [0.4, 0.5) is 0 Å². The van der Waals surface area contributed by atoms with E-state index in [4.69, 9.17) is 27.9 Å². The molecular weight excluding hydrogens is 347 g/mol. The summed E-state index contributed by atoms with van der Waals surface area (Å²) in [5.41, 5.74) is 0.904. The zero-order valence-electron chi connectivity index (χ0n) is 13.0. The van der Waals surface area contributed by atoms with Crippen molar-refractivity contribution in [3.63, 3.8) is 0 Å². The molecule has 0 radical (unpaired) electrons. The smallest absolute Gasteiger partial charge is 0.102 e. The summed E-state index contributed by atoms with van der Waals surface area (Å²) in [7, 11) is 0. The van der Waals surface area contributed by atoms with Gasteiger partial charge in [-0.05, 0) is 12.1 Å². The summed E-state index contributed by atoms with van der Waals surface area (Å²) in [6, 6.07) is 5.41. The number of aromatic nitrogens is 4. The fourth-order valence-electron chi connectivity index (χ4n) is 1.99. The predicted octanol–water partition coefficient (Wildman–Crippen LogP) is 4.54. The van der Waals surface area contributed by atoms with Crippen molar-refractivity contribution in [3.8, 4) is 0 Å². The van der Waals surface area contributed by atoms with Gasteiger partial charge in [-0.3, -0.25) is 0 Å². The number of benzene rings is 1. The third kappa shape index (κ3) is 5.85. The minimum absolute atomic E-state index is 0.169. The van der Waals surface area contributed by atoms with Crippen molar-refractivity contribution >= 4 is 23.2 Å². The van der Waals surface area contributed by atoms with Gasteiger partial charge in [-0.2, -0.15) is 0 Å². The van der Waals surface area contributed by atoms with Crippen LogP contribution in [0.2, 0.25) is 10.0 Å². The summed E-state index contributed by atoms with van der Waals surface area (Å²) in [6.07, 6.45) is 12.0. The Hall–Kier alpha value is -2.08. The summed E-state index contributed by atoms with van der Waals surface area (Å²) in [4.78, 5) is 10.4. The number of nitrogens with zero attached hydrogens (tertiary/aromatic N) is 3. The summed E-state index contributed by atoms with van der Waals surface area (Å²) >= 11 is 12.1. The first-order chi connectivity index (χ1) is 11.7. The van der Waals surface area contributed by atoms with Gasteiger partial charge in [0.1, 0.15) is 6.10 Å². The van der Waals surface area contributed by atoms with E-state index in [0.717, 1.165) is 5.56 Å². The van der Waals surface area contributed by atoms with Crippen molar-refractivity contribution < 1.29 is 4.74 Å². The van der Waals surface area contributed by atoms with Crippen LogP contribution < -0.4 is 0 Å². The van der Waals surface area contributed by atoms with Crippen LogP contribution in [0.25, 0.3) is 0 Å². The van der Waals surface area contributed by atoms with Crippen molar-refractivity contribution in [1.29, 1.82) is 0 Å². The van der Waals surface area contributed by atoms with E-state index >= 15 is 0 Å². The first kappa shape index (κ1) is 18.3. The van der Waals surface area contributed by atoms with Crippen LogP contribution >= 0.6 is 23.2 Å². The Morgan fingerprint density at radius 1 is 1.29 bits per heavy atom. The van der Waals surface area contributed by atoms with Crippen LogP contribution in [-0.4, -0.2) is 26.1 Å². The number of hydrogen-bond acceptors (Lipinski definition) is 3. The minimum Gasteiger partial charge on any atom is -0.368 e. The van der Waals surface area contributed by atoms with Crippen LogP contribution in [0.1, 0.15) is 11.7 Å². The Kier molecular flexibility index (Phi) is 7.55. The highest BCUT2D eigenvalue weighted by molar-refractivity contribution is 6.35. The molecule has 0 aliphatic heterocycles. The van der Waals surface area contributed by atoms with E-state index in [-0.39, 0.29) is 6.10 Å². The van der Waals surface area contributed by atoms with Crippen molar-refractivity contribution in [3.05, 3.63) is 83.9 Å². The predicted molar refractivity (Wildman–Crippen MR) is 96.2 cm³/mol. The van der Waals surface area contributed by atoms with E-state index in [2.05, 4.69) is 21.5 Å². The zero-order valence-corrected chi connectivity index (χ0v) is 14.5. The molecule has 0 saturated carbocycles. The van der Waals surface area contributed by atoms with Crippen LogP contribution in [0.5, 0.6) is 0 Å². The molecule has 1 aromatic carbocycles. The number of aromatic amines is 1. The molecule has 0 aliphatic carbocycles. The number of rotatable bonds is 6. The van der Waals surface area contributed by atoms with Gasteiger partial charge in [0.15, 0.2) is 0 Å². The van der Waals surface area contributed by atoms with Gasteiger partial charge in [0.2, 0.25) is 0 Å². The summed E-state index contributed by atoms with van der Waals surface area (Å²) < 4.78 is 7.72. The number of ether oxygens (including phenoxy) is 1. The molecule has 1 atom stereocenters. The van der Waals surface area contributed by atoms with Crippen molar-refractivity contribution in [1.82, 2.24) is 19.5 Å². The SMILES string of the molecule is C=CCOC(Cn1ccnc1)c1ccc(Cl)cc1Cl.c1c[nH]cn1. The molecule has 7 heteroatoms. The maximum Gasteiger partial charge on any atom is 0.102 e. The first-order valence-electron chi connectivity index (χ1n) is 7.26. The monoisotopic (exact) mass is 364 g/mol. The first-order valence-corrected chi connectivity index (χ1v) is 8.02. The highest BCUT2D eigenvalue weighted by atomic mass is 35.5. The van der Waals surface area contributed by atoms with Crippen LogP contribution in [0.3, 0.4) is 0 Å². The highest BCUT2D eigenvalue weighted by Crippen LogP contribution is 2.29. The maximum absolute atomic E-state index is 6.23. The molecule has 2 aromatic heterocycles. The summed E-state index contributed by atoms with van der Waals surface area (Å²) in [5.74, 6) is 0. The number of imidazole rings is 2. The largest absolute Gasteiger partial charge is 0.368 e. The number of hydrogen-bond donors (Lipinski definition) is 1. The summed E-state index contributed by atoms with van der Waals surface area (Å²) in [5, 5.41) is 1.21. The Balaban J connectivity index is 0.000000355. The molecule has 0 fully saturated rings. The minimum atomic E-state index is -0.169. The molecule has 1 N–H and O–H groups in total. The molecule has 3 rings (SSSR count). The van der Waals surface area contributed by atoms with Gasteiger partial charge < -0.3 is 14.3 Å². The zero-order chi connectivity index (χ0) is 17.2. The van der Waals surface area contributed by atoms with Crippen LogP contribution in [-0.2, 0) is 11.3 Å². The molecule has 2 heterocycles. The molecule has 0 bridgehead atoms. The normalized spacial score (nSPS) is 11.4. The molecule has 0 aliphatic rings. The quantitative estimate of drug-likeness (QED) is 0.653. The number of halogens is 2. The fraction of sp³-hybridized carbons (Fsp3) is 0.176. The second-order valence-electron chi connectivity index (χ2n) is 4.80. The maximum atomic E-state index is 6.23. The van der Waals surface area contributed by atoms with Gasteiger partial charge in [-0.15, -0.1) is 6.58 Å². The lowest BCUT2D eigenvalue weighted by Gasteiger charge is -2.19. The summed E-state index contributed by atoms with van der Waals surface area (Å²) in [6.45, 7) is 4.75. The molecule has 5 nitrogen and oxygen atoms in total. The van der Waals surface area contributed by atoms with Crippen molar-refractivity contribution in [2.75, 3.05) is 6.61 Å². The van der Waals surface area contributed by atoms with E-state index in [9.17, 15) is 0 Å². The second kappa shape index (κ2) is 9.93. The van der Waals surface area contributed by atoms with Gasteiger partial charge in [0.05, 0.1) is 25.8 Å². The van der Waals surface area contributed by atoms with Gasteiger partial charge in [0, 0.05) is 40.4 Å². The van der Waals surface area contributed by atoms with E-state index < -0.39 is 0 Å². The Labute approximate surface area is 150 Å². The molecule has 1 unspecified atom stereocenters. The van der Waals surface area contributed by atoms with Crippen LogP contribution in [0.15, 0.2) is 68.3 Å². The van der Waals surface area contributed by atoms with E-state index in [1.807, 2.05) is 16.8 Å². The topological polar surface area (TPSA) is 55.7 Å². The molecule has 126 valence electrons. The van der Waals surface area contributed by atoms with Gasteiger partial charge in [-0.25, -0.2) is 9.97 Å². The fourth-order valence-corrected chi connectivity index (χ4v) is 2.52. The van der Waals surface area contributed by atoms with E-state index in [1.165, 1.54) is 0 Å². The number of nitrogens with one attached hydrogen (secondary N) is 1. The molecule has 0 amide bonds. The highest BCUT2D eigenvalue weighted by Gasteiger charge is 2.16. The molecule has 24 heavy (non-hydrogen) atoms. The molecular formula is C17H18Cl2N4O. The lowest BCUT2D eigenvalue weighted by Crippen LogP contribution is -2.12. The van der Waals surface area contributed by atoms with Gasteiger partial charge >= 0.3 is 0 Å². The molecule has 0 saturated heterocycles. The van der Waals surface area contributed by atoms with E-state index in [0.29, 0.717) is 23.2 Å². The Morgan fingerprint density at radius 2 is 2.17 bits per heavy atom. The lowest BCUT2D eigenvalue weighted by molar-refractivity contribution is 0.0608. The average Bonchev–Trinajstić information content (AvgIpc) is 3.28. The number of H-pyrrole nitrogens is 1. The average molecular weight is 365 g/mol. The van der Waals surface area contributed by atoms with Crippen LogP contribution in [0, 0.1) is 0 Å². The molecule has 0 spiro atoms. The standard InChI is InChI=1S/C14H14Cl2N2O.C3H4N2/c1-2-7-19-14(9-18-6-5-17-10-18)12-4-3-11(15)8-13(12)16;1-2-5-3-4-1/h2-6,8,10,14H,1,7,9H2;1-3H,(H,4,5). The molecule has 3 aromatic rings. The third-order valence-electron chi connectivity index (χ3n) is 3.07. The lowest BCUT2D eigenvalue weighted by atomic mass is 10.1. The van der Waals surface area contributed by atoms with Gasteiger partial charge in [-0.1, -0.05) is 35.3 Å². The van der Waals surface area contributed by atoms with Gasteiger partial charge in [0.25, 0.3) is 0 Å². The Bertz CT molecular complexity index is 697. The Morgan fingerprint density at radius 3 is 2.71 bits per heavy atom. The third-order valence-corrected chi connectivity index (χ3v) is 3.63. The van der Waals surface area contributed by atoms with Crippen molar-refractivity contribution in [2.24, 2.45) is 0 Å². The van der Waals surface area contributed by atoms with E-state index in [1.54, 1.807) is 49.5 Å². The second-order valence-corrected chi connectivity index (χ2v) is 5.64. The van der Waals surface area contributed by atoms with Crippen molar-refractivity contribution in [2.45, 2.75) is 12.6 Å².